The summed E-state index contributed by atoms with van der Waals surface area (Å²) in [5.74, 6) is 0.774. The summed E-state index contributed by atoms with van der Waals surface area (Å²) in [4.78, 5) is 5.32. The Morgan fingerprint density at radius 2 is 1.56 bits per heavy atom. The van der Waals surface area contributed by atoms with Crippen LogP contribution in [0.3, 0.4) is 0 Å². The molecule has 1 aliphatic carbocycles. The zero-order chi connectivity index (χ0) is 18.4. The molecule has 1 aromatic rings. The van der Waals surface area contributed by atoms with Gasteiger partial charge in [-0.1, -0.05) is 58.2 Å². The van der Waals surface area contributed by atoms with Crippen LogP contribution in [0.4, 0.5) is 5.69 Å². The van der Waals surface area contributed by atoms with Gasteiger partial charge in [0.25, 0.3) is 0 Å². The van der Waals surface area contributed by atoms with Crippen LogP contribution in [0.5, 0.6) is 0 Å². The van der Waals surface area contributed by atoms with Gasteiger partial charge in [-0.15, -0.1) is 12.4 Å². The maximum absolute atomic E-state index is 2.67. The van der Waals surface area contributed by atoms with Gasteiger partial charge >= 0.3 is 0 Å². The van der Waals surface area contributed by atoms with Crippen LogP contribution in [0, 0.1) is 5.41 Å². The van der Waals surface area contributed by atoms with E-state index in [1.54, 1.807) is 5.56 Å². The summed E-state index contributed by atoms with van der Waals surface area (Å²) in [5, 5.41) is 0. The molecule has 3 heteroatoms. The molecule has 0 bridgehead atoms. The predicted octanol–water partition coefficient (Wildman–Crippen LogP) is 6.49. The number of anilines is 1. The fourth-order valence-corrected chi connectivity index (χ4v) is 5.21. The first-order chi connectivity index (χ1) is 12.7. The van der Waals surface area contributed by atoms with Crippen LogP contribution in [0.25, 0.3) is 0 Å². The van der Waals surface area contributed by atoms with E-state index >= 15 is 0 Å². The van der Waals surface area contributed by atoms with Gasteiger partial charge in [-0.3, -0.25) is 4.90 Å². The zero-order valence-electron chi connectivity index (χ0n) is 17.9. The van der Waals surface area contributed by atoms with Crippen molar-refractivity contribution in [3.63, 3.8) is 0 Å². The monoisotopic (exact) mass is 392 g/mol. The Hall–Kier alpha value is -0.730. The lowest BCUT2D eigenvalue weighted by Gasteiger charge is -2.41. The SMILES string of the molecule is CCCCN1CCN(c2ccccc2C2CCC(CC)(CC)CC2)CC1.Cl. The van der Waals surface area contributed by atoms with Gasteiger partial charge in [0.2, 0.25) is 0 Å². The van der Waals surface area contributed by atoms with Crippen LogP contribution in [-0.2, 0) is 0 Å². The maximum atomic E-state index is 2.67. The Balaban J connectivity index is 0.00000261. The molecule has 154 valence electrons. The summed E-state index contributed by atoms with van der Waals surface area (Å²) in [7, 11) is 0. The zero-order valence-corrected chi connectivity index (χ0v) is 18.7. The van der Waals surface area contributed by atoms with Crippen LogP contribution in [0.15, 0.2) is 24.3 Å². The highest BCUT2D eigenvalue weighted by molar-refractivity contribution is 5.85. The number of piperazine rings is 1. The van der Waals surface area contributed by atoms with Gasteiger partial charge in [-0.25, -0.2) is 0 Å². The molecule has 0 radical (unpaired) electrons. The quantitative estimate of drug-likeness (QED) is 0.522. The van der Waals surface area contributed by atoms with Gasteiger partial charge in [0.05, 0.1) is 0 Å². The summed E-state index contributed by atoms with van der Waals surface area (Å²) in [6, 6.07) is 9.32. The Morgan fingerprint density at radius 3 is 2.15 bits per heavy atom. The lowest BCUT2D eigenvalue weighted by atomic mass is 9.66. The van der Waals surface area contributed by atoms with E-state index in [9.17, 15) is 0 Å². The van der Waals surface area contributed by atoms with E-state index < -0.39 is 0 Å². The Bertz CT molecular complexity index is 537. The van der Waals surface area contributed by atoms with Gasteiger partial charge in [-0.05, 0) is 61.6 Å². The first kappa shape index (κ1) is 22.6. The molecule has 0 N–H and O–H groups in total. The smallest absolute Gasteiger partial charge is 0.0402 e. The van der Waals surface area contributed by atoms with E-state index in [4.69, 9.17) is 0 Å². The Morgan fingerprint density at radius 1 is 0.926 bits per heavy atom. The van der Waals surface area contributed by atoms with Gasteiger partial charge in [0.1, 0.15) is 0 Å². The van der Waals surface area contributed by atoms with Crippen molar-refractivity contribution in [1.29, 1.82) is 0 Å². The van der Waals surface area contributed by atoms with Crippen molar-refractivity contribution in [1.82, 2.24) is 4.90 Å². The van der Waals surface area contributed by atoms with Crippen molar-refractivity contribution in [2.45, 2.75) is 78.1 Å². The van der Waals surface area contributed by atoms with Crippen molar-refractivity contribution in [3.8, 4) is 0 Å². The van der Waals surface area contributed by atoms with E-state index in [1.807, 2.05) is 0 Å². The number of nitrogens with zero attached hydrogens (tertiary/aromatic N) is 2. The molecule has 1 saturated carbocycles. The molecule has 2 fully saturated rings. The average molecular weight is 393 g/mol. The molecular formula is C24H41ClN2. The molecule has 2 aliphatic rings. The molecule has 0 amide bonds. The standard InChI is InChI=1S/C24H40N2.ClH/c1-4-7-16-25-17-19-26(20-18-25)23-11-9-8-10-22(23)21-12-14-24(5-2,6-3)15-13-21;/h8-11,21H,4-7,12-20H2,1-3H3;1H. The van der Waals surface area contributed by atoms with Crippen LogP contribution in [-0.4, -0.2) is 37.6 Å². The maximum Gasteiger partial charge on any atom is 0.0402 e. The van der Waals surface area contributed by atoms with Gasteiger partial charge in [-0.2, -0.15) is 0 Å². The molecule has 1 heterocycles. The highest BCUT2D eigenvalue weighted by Gasteiger charge is 2.33. The third-order valence-corrected chi connectivity index (χ3v) is 7.46. The first-order valence-electron chi connectivity index (χ1n) is 11.3. The second-order valence-electron chi connectivity index (χ2n) is 8.72. The van der Waals surface area contributed by atoms with Crippen LogP contribution in [0.1, 0.15) is 83.6 Å². The lowest BCUT2D eigenvalue weighted by molar-refractivity contribution is 0.159. The first-order valence-corrected chi connectivity index (χ1v) is 11.3. The van der Waals surface area contributed by atoms with Gasteiger partial charge in [0.15, 0.2) is 0 Å². The van der Waals surface area contributed by atoms with Crippen molar-refractivity contribution in [2.75, 3.05) is 37.6 Å². The van der Waals surface area contributed by atoms with Gasteiger partial charge in [0, 0.05) is 31.9 Å². The van der Waals surface area contributed by atoms with Crippen molar-refractivity contribution >= 4 is 18.1 Å². The molecule has 0 aromatic heterocycles. The van der Waals surface area contributed by atoms with E-state index in [2.05, 4.69) is 54.8 Å². The predicted molar refractivity (Wildman–Crippen MR) is 121 cm³/mol. The summed E-state index contributed by atoms with van der Waals surface area (Å²) >= 11 is 0. The van der Waals surface area contributed by atoms with E-state index in [0.29, 0.717) is 5.41 Å². The van der Waals surface area contributed by atoms with E-state index in [1.165, 1.54) is 89.8 Å². The Labute approximate surface area is 174 Å². The van der Waals surface area contributed by atoms with Crippen molar-refractivity contribution in [2.24, 2.45) is 5.41 Å². The van der Waals surface area contributed by atoms with E-state index in [-0.39, 0.29) is 12.4 Å². The largest absolute Gasteiger partial charge is 0.369 e. The van der Waals surface area contributed by atoms with Crippen LogP contribution < -0.4 is 4.90 Å². The molecule has 27 heavy (non-hydrogen) atoms. The number of hydrogen-bond acceptors (Lipinski definition) is 2. The minimum absolute atomic E-state index is 0. The van der Waals surface area contributed by atoms with E-state index in [0.717, 1.165) is 5.92 Å². The van der Waals surface area contributed by atoms with Crippen LogP contribution in [0.2, 0.25) is 0 Å². The molecule has 3 rings (SSSR count). The summed E-state index contributed by atoms with van der Waals surface area (Å²) < 4.78 is 0. The second-order valence-corrected chi connectivity index (χ2v) is 8.72. The number of halogens is 1. The van der Waals surface area contributed by atoms with Crippen molar-refractivity contribution in [3.05, 3.63) is 29.8 Å². The fourth-order valence-electron chi connectivity index (χ4n) is 5.21. The Kier molecular flexibility index (Phi) is 8.95. The minimum atomic E-state index is 0. The molecule has 1 aliphatic heterocycles. The van der Waals surface area contributed by atoms with Crippen LogP contribution >= 0.6 is 12.4 Å². The third kappa shape index (κ3) is 5.41. The number of benzene rings is 1. The normalized spacial score (nSPS) is 21.1. The lowest BCUT2D eigenvalue weighted by Crippen LogP contribution is -2.47. The summed E-state index contributed by atoms with van der Waals surface area (Å²) in [5.41, 5.74) is 3.81. The number of unbranched alkanes of at least 4 members (excludes halogenated alkanes) is 1. The highest BCUT2D eigenvalue weighted by Crippen LogP contribution is 2.48. The molecule has 0 unspecified atom stereocenters. The fraction of sp³-hybridized carbons (Fsp3) is 0.750. The number of para-hydroxylation sites is 1. The minimum Gasteiger partial charge on any atom is -0.369 e. The second kappa shape index (κ2) is 10.7. The van der Waals surface area contributed by atoms with Crippen molar-refractivity contribution < 1.29 is 0 Å². The molecule has 1 aromatic carbocycles. The molecular weight excluding hydrogens is 352 g/mol. The average Bonchev–Trinajstić information content (AvgIpc) is 2.73. The number of hydrogen-bond donors (Lipinski definition) is 0. The molecule has 2 nitrogen and oxygen atoms in total. The summed E-state index contributed by atoms with van der Waals surface area (Å²) in [6.07, 6.45) is 11.0. The van der Waals surface area contributed by atoms with Gasteiger partial charge < -0.3 is 4.90 Å². The summed E-state index contributed by atoms with van der Waals surface area (Å²) in [6.45, 7) is 13.2. The molecule has 0 spiro atoms. The molecule has 1 saturated heterocycles. The number of rotatable bonds is 7. The highest BCUT2D eigenvalue weighted by atomic mass is 35.5. The third-order valence-electron chi connectivity index (χ3n) is 7.46. The topological polar surface area (TPSA) is 6.48 Å². The molecule has 0 atom stereocenters.